The lowest BCUT2D eigenvalue weighted by molar-refractivity contribution is 0.234. The number of nitrogen functional groups attached to an aromatic ring is 1. The number of aromatic nitrogens is 1. The van der Waals surface area contributed by atoms with Gasteiger partial charge in [0.15, 0.2) is 0 Å². The maximum atomic E-state index is 5.85. The zero-order valence-corrected chi connectivity index (χ0v) is 9.87. The van der Waals surface area contributed by atoms with Gasteiger partial charge in [0.2, 0.25) is 0 Å². The van der Waals surface area contributed by atoms with Gasteiger partial charge in [0.05, 0.1) is 0 Å². The molecular formula is C13H18N4. The first-order valence-electron chi connectivity index (χ1n) is 6.11. The summed E-state index contributed by atoms with van der Waals surface area (Å²) in [5.41, 5.74) is 9.19. The second-order valence-corrected chi connectivity index (χ2v) is 4.65. The lowest BCUT2D eigenvalue weighted by atomic mass is 10.1. The maximum Gasteiger partial charge on any atom is 0.0458 e. The molecule has 0 bridgehead atoms. The van der Waals surface area contributed by atoms with Gasteiger partial charge in [0, 0.05) is 55.5 Å². The number of piperazine rings is 1. The predicted molar refractivity (Wildman–Crippen MR) is 70.9 cm³/mol. The van der Waals surface area contributed by atoms with E-state index in [1.54, 1.807) is 0 Å². The minimum atomic E-state index is 0.832. The van der Waals surface area contributed by atoms with E-state index in [0.29, 0.717) is 0 Å². The van der Waals surface area contributed by atoms with Crippen LogP contribution >= 0.6 is 0 Å². The van der Waals surface area contributed by atoms with E-state index < -0.39 is 0 Å². The topological polar surface area (TPSA) is 57.1 Å². The Morgan fingerprint density at radius 2 is 2.06 bits per heavy atom. The number of aromatic amines is 1. The maximum absolute atomic E-state index is 5.85. The zero-order valence-electron chi connectivity index (χ0n) is 9.87. The molecule has 0 amide bonds. The Balaban J connectivity index is 1.86. The Morgan fingerprint density at radius 1 is 1.24 bits per heavy atom. The Labute approximate surface area is 101 Å². The van der Waals surface area contributed by atoms with Gasteiger partial charge in [-0.3, -0.25) is 4.90 Å². The van der Waals surface area contributed by atoms with E-state index in [9.17, 15) is 0 Å². The van der Waals surface area contributed by atoms with E-state index in [-0.39, 0.29) is 0 Å². The number of hydrogen-bond donors (Lipinski definition) is 3. The number of rotatable bonds is 2. The summed E-state index contributed by atoms with van der Waals surface area (Å²) >= 11 is 0. The molecule has 2 heterocycles. The van der Waals surface area contributed by atoms with Crippen molar-refractivity contribution in [2.75, 3.05) is 31.9 Å². The van der Waals surface area contributed by atoms with E-state index in [0.717, 1.165) is 38.4 Å². The molecule has 17 heavy (non-hydrogen) atoms. The summed E-state index contributed by atoms with van der Waals surface area (Å²) in [4.78, 5) is 5.78. The average Bonchev–Trinajstić information content (AvgIpc) is 2.73. The quantitative estimate of drug-likeness (QED) is 0.678. The van der Waals surface area contributed by atoms with Gasteiger partial charge in [-0.15, -0.1) is 0 Å². The van der Waals surface area contributed by atoms with Gasteiger partial charge in [0.1, 0.15) is 0 Å². The molecule has 1 aromatic heterocycles. The Hall–Kier alpha value is -1.52. The van der Waals surface area contributed by atoms with Crippen LogP contribution in [0.15, 0.2) is 24.4 Å². The van der Waals surface area contributed by atoms with Crippen LogP contribution in [-0.2, 0) is 6.54 Å². The summed E-state index contributed by atoms with van der Waals surface area (Å²) in [5, 5.41) is 4.62. The number of hydrogen-bond acceptors (Lipinski definition) is 3. The van der Waals surface area contributed by atoms with Crippen LogP contribution in [0.25, 0.3) is 10.9 Å². The molecule has 2 aromatic rings. The van der Waals surface area contributed by atoms with Crippen molar-refractivity contribution in [2.24, 2.45) is 0 Å². The lowest BCUT2D eigenvalue weighted by Gasteiger charge is -2.26. The van der Waals surface area contributed by atoms with Crippen molar-refractivity contribution in [1.82, 2.24) is 15.2 Å². The summed E-state index contributed by atoms with van der Waals surface area (Å²) < 4.78 is 0. The van der Waals surface area contributed by atoms with Crippen LogP contribution in [-0.4, -0.2) is 36.1 Å². The lowest BCUT2D eigenvalue weighted by Crippen LogP contribution is -2.42. The molecule has 1 fully saturated rings. The van der Waals surface area contributed by atoms with Crippen LogP contribution in [0, 0.1) is 0 Å². The van der Waals surface area contributed by atoms with Crippen LogP contribution in [0.3, 0.4) is 0 Å². The highest BCUT2D eigenvalue weighted by Crippen LogP contribution is 2.22. The first-order valence-corrected chi connectivity index (χ1v) is 6.11. The van der Waals surface area contributed by atoms with E-state index >= 15 is 0 Å². The highest BCUT2D eigenvalue weighted by Gasteiger charge is 2.12. The summed E-state index contributed by atoms with van der Waals surface area (Å²) in [6.45, 7) is 5.42. The molecule has 3 rings (SSSR count). The van der Waals surface area contributed by atoms with E-state index in [4.69, 9.17) is 5.73 Å². The van der Waals surface area contributed by atoms with Crippen LogP contribution in [0.5, 0.6) is 0 Å². The fourth-order valence-corrected chi connectivity index (χ4v) is 2.44. The number of H-pyrrole nitrogens is 1. The molecule has 1 aliphatic heterocycles. The molecule has 4 N–H and O–H groups in total. The van der Waals surface area contributed by atoms with Crippen molar-refractivity contribution < 1.29 is 0 Å². The second kappa shape index (κ2) is 4.39. The number of nitrogens with two attached hydrogens (primary N) is 1. The number of fused-ring (bicyclic) bond motifs is 1. The van der Waals surface area contributed by atoms with Crippen LogP contribution in [0.2, 0.25) is 0 Å². The Bertz CT molecular complexity index is 511. The highest BCUT2D eigenvalue weighted by atomic mass is 15.2. The molecular weight excluding hydrogens is 212 g/mol. The standard InChI is InChI=1S/C13H18N4/c14-11-1-2-13-12(7-11)10(8-16-13)9-17-5-3-15-4-6-17/h1-2,7-8,15-16H,3-6,9,14H2. The second-order valence-electron chi connectivity index (χ2n) is 4.65. The number of nitrogens with zero attached hydrogens (tertiary/aromatic N) is 1. The van der Waals surface area contributed by atoms with Crippen molar-refractivity contribution in [3.8, 4) is 0 Å². The molecule has 1 aliphatic rings. The van der Waals surface area contributed by atoms with Crippen LogP contribution < -0.4 is 11.1 Å². The molecule has 1 aromatic carbocycles. The molecule has 90 valence electrons. The molecule has 0 atom stereocenters. The smallest absolute Gasteiger partial charge is 0.0458 e. The van der Waals surface area contributed by atoms with Gasteiger partial charge in [-0.1, -0.05) is 0 Å². The van der Waals surface area contributed by atoms with E-state index in [1.807, 2.05) is 12.1 Å². The molecule has 4 nitrogen and oxygen atoms in total. The van der Waals surface area contributed by atoms with Crippen LogP contribution in [0.4, 0.5) is 5.69 Å². The van der Waals surface area contributed by atoms with Gasteiger partial charge in [-0.25, -0.2) is 0 Å². The van der Waals surface area contributed by atoms with Crippen molar-refractivity contribution in [2.45, 2.75) is 6.54 Å². The zero-order chi connectivity index (χ0) is 11.7. The van der Waals surface area contributed by atoms with E-state index in [1.165, 1.54) is 16.5 Å². The fraction of sp³-hybridized carbons (Fsp3) is 0.385. The largest absolute Gasteiger partial charge is 0.399 e. The Morgan fingerprint density at radius 3 is 2.88 bits per heavy atom. The summed E-state index contributed by atoms with van der Waals surface area (Å²) in [6, 6.07) is 6.04. The third kappa shape index (κ3) is 2.14. The Kier molecular flexibility index (Phi) is 2.74. The molecule has 0 saturated carbocycles. The monoisotopic (exact) mass is 230 g/mol. The van der Waals surface area contributed by atoms with Crippen molar-refractivity contribution in [1.29, 1.82) is 0 Å². The number of nitrogens with one attached hydrogen (secondary N) is 2. The van der Waals surface area contributed by atoms with Gasteiger partial charge >= 0.3 is 0 Å². The SMILES string of the molecule is Nc1ccc2[nH]cc(CN3CCNCC3)c2c1. The molecule has 0 radical (unpaired) electrons. The van der Waals surface area contributed by atoms with Crippen molar-refractivity contribution in [3.63, 3.8) is 0 Å². The van der Waals surface area contributed by atoms with E-state index in [2.05, 4.69) is 27.5 Å². The van der Waals surface area contributed by atoms with Crippen molar-refractivity contribution >= 4 is 16.6 Å². The summed E-state index contributed by atoms with van der Waals surface area (Å²) in [6.07, 6.45) is 2.10. The normalized spacial score (nSPS) is 17.6. The number of anilines is 1. The third-order valence-corrected chi connectivity index (χ3v) is 3.40. The van der Waals surface area contributed by atoms with Gasteiger partial charge in [-0.2, -0.15) is 0 Å². The first-order chi connectivity index (χ1) is 8.33. The predicted octanol–water partition coefficient (Wildman–Crippen LogP) is 1.16. The molecule has 0 aliphatic carbocycles. The summed E-state index contributed by atoms with van der Waals surface area (Å²) in [7, 11) is 0. The minimum absolute atomic E-state index is 0.832. The first kappa shape index (κ1) is 10.6. The molecule has 1 saturated heterocycles. The number of benzene rings is 1. The highest BCUT2D eigenvalue weighted by molar-refractivity contribution is 5.86. The average molecular weight is 230 g/mol. The minimum Gasteiger partial charge on any atom is -0.399 e. The third-order valence-electron chi connectivity index (χ3n) is 3.40. The molecule has 0 spiro atoms. The van der Waals surface area contributed by atoms with Gasteiger partial charge in [-0.05, 0) is 23.8 Å². The molecule has 4 heteroatoms. The van der Waals surface area contributed by atoms with Gasteiger partial charge in [0.25, 0.3) is 0 Å². The molecule has 0 unspecified atom stereocenters. The van der Waals surface area contributed by atoms with Gasteiger partial charge < -0.3 is 16.0 Å². The van der Waals surface area contributed by atoms with Crippen molar-refractivity contribution in [3.05, 3.63) is 30.0 Å². The van der Waals surface area contributed by atoms with Crippen LogP contribution in [0.1, 0.15) is 5.56 Å². The summed E-state index contributed by atoms with van der Waals surface area (Å²) in [5.74, 6) is 0. The fourth-order valence-electron chi connectivity index (χ4n) is 2.44.